The first-order valence-corrected chi connectivity index (χ1v) is 8.04. The third-order valence-corrected chi connectivity index (χ3v) is 4.16. The third-order valence-electron chi connectivity index (χ3n) is 4.16. The molecule has 1 saturated heterocycles. The molecule has 2 N–H and O–H groups in total. The Morgan fingerprint density at radius 2 is 2.00 bits per heavy atom. The van der Waals surface area contributed by atoms with Crippen molar-refractivity contribution in [2.75, 3.05) is 33.2 Å². The fourth-order valence-corrected chi connectivity index (χ4v) is 2.74. The number of aliphatic hydroxyl groups is 1. The van der Waals surface area contributed by atoms with Crippen LogP contribution in [0.1, 0.15) is 40.0 Å². The van der Waals surface area contributed by atoms with E-state index in [1.54, 1.807) is 11.9 Å². The molecule has 0 saturated carbocycles. The number of aliphatic hydroxyl groups excluding tert-OH is 1. The van der Waals surface area contributed by atoms with Gasteiger partial charge in [-0.3, -0.25) is 0 Å². The van der Waals surface area contributed by atoms with Crippen LogP contribution in [0, 0.1) is 0 Å². The molecule has 3 unspecified atom stereocenters. The standard InChI is InChI=1S/C15H31N3O3/c1-5-18(6-2)9-7-8-16-15(20)17(4)13-10-12(3)21-14(19)11-13/h12-14,19H,5-11H2,1-4H3,(H,16,20). The Balaban J connectivity index is 2.27. The second kappa shape index (κ2) is 9.23. The second-order valence-corrected chi connectivity index (χ2v) is 5.75. The molecule has 21 heavy (non-hydrogen) atoms. The zero-order valence-electron chi connectivity index (χ0n) is 13.8. The van der Waals surface area contributed by atoms with Crippen molar-refractivity contribution in [2.45, 2.75) is 58.5 Å². The van der Waals surface area contributed by atoms with Crippen LogP contribution in [-0.2, 0) is 4.74 Å². The number of carbonyl (C=O) groups excluding carboxylic acids is 1. The number of ether oxygens (including phenoxy) is 1. The molecular formula is C15H31N3O3. The monoisotopic (exact) mass is 301 g/mol. The largest absolute Gasteiger partial charge is 0.368 e. The summed E-state index contributed by atoms with van der Waals surface area (Å²) in [6, 6.07) is -0.0348. The van der Waals surface area contributed by atoms with Gasteiger partial charge in [-0.15, -0.1) is 0 Å². The minimum absolute atomic E-state index is 0.0170. The Labute approximate surface area is 128 Å². The molecule has 0 aromatic rings. The van der Waals surface area contributed by atoms with Gasteiger partial charge in [0.2, 0.25) is 0 Å². The second-order valence-electron chi connectivity index (χ2n) is 5.75. The number of nitrogens with one attached hydrogen (secondary N) is 1. The summed E-state index contributed by atoms with van der Waals surface area (Å²) < 4.78 is 5.29. The van der Waals surface area contributed by atoms with E-state index in [1.807, 2.05) is 6.92 Å². The molecule has 1 fully saturated rings. The van der Waals surface area contributed by atoms with E-state index < -0.39 is 6.29 Å². The van der Waals surface area contributed by atoms with Crippen LogP contribution in [0.15, 0.2) is 0 Å². The van der Waals surface area contributed by atoms with Gasteiger partial charge in [-0.2, -0.15) is 0 Å². The molecule has 6 nitrogen and oxygen atoms in total. The first kappa shape index (κ1) is 18.2. The van der Waals surface area contributed by atoms with Crippen LogP contribution in [0.2, 0.25) is 0 Å². The van der Waals surface area contributed by atoms with Gasteiger partial charge < -0.3 is 25.0 Å². The van der Waals surface area contributed by atoms with Gasteiger partial charge in [0.1, 0.15) is 0 Å². The molecule has 2 amide bonds. The fraction of sp³-hybridized carbons (Fsp3) is 0.933. The van der Waals surface area contributed by atoms with Gasteiger partial charge in [0, 0.05) is 26.1 Å². The Kier molecular flexibility index (Phi) is 8.00. The van der Waals surface area contributed by atoms with Crippen LogP contribution >= 0.6 is 0 Å². The van der Waals surface area contributed by atoms with E-state index in [0.717, 1.165) is 32.5 Å². The van der Waals surface area contributed by atoms with Gasteiger partial charge in [0.25, 0.3) is 0 Å². The Hall–Kier alpha value is -0.850. The summed E-state index contributed by atoms with van der Waals surface area (Å²) in [5.74, 6) is 0. The number of carbonyl (C=O) groups is 1. The Morgan fingerprint density at radius 1 is 1.33 bits per heavy atom. The van der Waals surface area contributed by atoms with Crippen LogP contribution in [-0.4, -0.2) is 72.6 Å². The van der Waals surface area contributed by atoms with E-state index in [2.05, 4.69) is 24.1 Å². The van der Waals surface area contributed by atoms with E-state index in [1.165, 1.54) is 0 Å². The van der Waals surface area contributed by atoms with Gasteiger partial charge in [-0.1, -0.05) is 13.8 Å². The lowest BCUT2D eigenvalue weighted by atomic mass is 10.0. The lowest BCUT2D eigenvalue weighted by molar-refractivity contribution is -0.170. The third kappa shape index (κ3) is 6.20. The summed E-state index contributed by atoms with van der Waals surface area (Å²) in [4.78, 5) is 16.2. The van der Waals surface area contributed by atoms with Gasteiger partial charge in [-0.25, -0.2) is 4.79 Å². The van der Waals surface area contributed by atoms with Crippen LogP contribution < -0.4 is 5.32 Å². The highest BCUT2D eigenvalue weighted by Gasteiger charge is 2.30. The highest BCUT2D eigenvalue weighted by molar-refractivity contribution is 5.74. The van der Waals surface area contributed by atoms with Crippen molar-refractivity contribution in [2.24, 2.45) is 0 Å². The molecule has 0 aliphatic carbocycles. The molecule has 0 aromatic heterocycles. The summed E-state index contributed by atoms with van der Waals surface area (Å²) in [5.41, 5.74) is 0. The maximum Gasteiger partial charge on any atom is 0.317 e. The van der Waals surface area contributed by atoms with E-state index in [0.29, 0.717) is 13.0 Å². The fourth-order valence-electron chi connectivity index (χ4n) is 2.74. The first-order chi connectivity index (χ1) is 9.97. The minimum atomic E-state index is -0.767. The summed E-state index contributed by atoms with van der Waals surface area (Å²) in [7, 11) is 1.79. The molecule has 0 spiro atoms. The van der Waals surface area contributed by atoms with Gasteiger partial charge >= 0.3 is 6.03 Å². The van der Waals surface area contributed by atoms with Crippen molar-refractivity contribution in [3.05, 3.63) is 0 Å². The van der Waals surface area contributed by atoms with Gasteiger partial charge in [-0.05, 0) is 39.4 Å². The maximum atomic E-state index is 12.1. The topological polar surface area (TPSA) is 65.0 Å². The van der Waals surface area contributed by atoms with Crippen LogP contribution in [0.5, 0.6) is 0 Å². The quantitative estimate of drug-likeness (QED) is 0.695. The van der Waals surface area contributed by atoms with Crippen molar-refractivity contribution in [1.82, 2.24) is 15.1 Å². The molecule has 0 bridgehead atoms. The number of hydrogen-bond donors (Lipinski definition) is 2. The maximum absolute atomic E-state index is 12.1. The van der Waals surface area contributed by atoms with Crippen molar-refractivity contribution < 1.29 is 14.6 Å². The predicted molar refractivity (Wildman–Crippen MR) is 83.1 cm³/mol. The van der Waals surface area contributed by atoms with E-state index in [9.17, 15) is 9.90 Å². The van der Waals surface area contributed by atoms with Gasteiger partial charge in [0.15, 0.2) is 6.29 Å². The summed E-state index contributed by atoms with van der Waals surface area (Å²) in [6.45, 7) is 9.99. The number of amides is 2. The molecule has 1 aliphatic rings. The lowest BCUT2D eigenvalue weighted by Crippen LogP contribution is -2.49. The number of urea groups is 1. The van der Waals surface area contributed by atoms with Crippen LogP contribution in [0.25, 0.3) is 0 Å². The lowest BCUT2D eigenvalue weighted by Gasteiger charge is -2.36. The molecule has 1 heterocycles. The van der Waals surface area contributed by atoms with Gasteiger partial charge in [0.05, 0.1) is 6.10 Å². The average Bonchev–Trinajstić information content (AvgIpc) is 2.45. The van der Waals surface area contributed by atoms with Crippen molar-refractivity contribution in [3.63, 3.8) is 0 Å². The molecule has 0 radical (unpaired) electrons. The number of hydrogen-bond acceptors (Lipinski definition) is 4. The van der Waals surface area contributed by atoms with Crippen molar-refractivity contribution in [3.8, 4) is 0 Å². The van der Waals surface area contributed by atoms with Crippen LogP contribution in [0.3, 0.4) is 0 Å². The summed E-state index contributed by atoms with van der Waals surface area (Å²) in [6.07, 6.45) is 1.41. The molecule has 124 valence electrons. The summed E-state index contributed by atoms with van der Waals surface area (Å²) in [5, 5.41) is 12.6. The molecular weight excluding hydrogens is 270 g/mol. The van der Waals surface area contributed by atoms with Crippen molar-refractivity contribution >= 4 is 6.03 Å². The Morgan fingerprint density at radius 3 is 2.57 bits per heavy atom. The smallest absolute Gasteiger partial charge is 0.317 e. The highest BCUT2D eigenvalue weighted by atomic mass is 16.6. The normalized spacial score (nSPS) is 25.9. The SMILES string of the molecule is CCN(CC)CCCNC(=O)N(C)C1CC(C)OC(O)C1. The molecule has 0 aromatic carbocycles. The predicted octanol–water partition coefficient (Wildman–Crippen LogP) is 1.25. The molecule has 1 rings (SSSR count). The number of rotatable bonds is 7. The van der Waals surface area contributed by atoms with E-state index in [4.69, 9.17) is 4.74 Å². The first-order valence-electron chi connectivity index (χ1n) is 8.04. The van der Waals surface area contributed by atoms with Crippen molar-refractivity contribution in [1.29, 1.82) is 0 Å². The Bertz CT molecular complexity index is 301. The zero-order valence-corrected chi connectivity index (χ0v) is 13.8. The van der Waals surface area contributed by atoms with E-state index in [-0.39, 0.29) is 18.2 Å². The average molecular weight is 301 g/mol. The number of nitrogens with zero attached hydrogens (tertiary/aromatic N) is 2. The minimum Gasteiger partial charge on any atom is -0.368 e. The molecule has 3 atom stereocenters. The van der Waals surface area contributed by atoms with Crippen LogP contribution in [0.4, 0.5) is 4.79 Å². The molecule has 6 heteroatoms. The summed E-state index contributed by atoms with van der Waals surface area (Å²) >= 11 is 0. The van der Waals surface area contributed by atoms with E-state index >= 15 is 0 Å². The highest BCUT2D eigenvalue weighted by Crippen LogP contribution is 2.21. The molecule has 1 aliphatic heterocycles. The zero-order chi connectivity index (χ0) is 15.8.